The molecule has 2 aromatic heterocycles. The summed E-state index contributed by atoms with van der Waals surface area (Å²) in [6.45, 7) is 6.57. The van der Waals surface area contributed by atoms with E-state index in [4.69, 9.17) is 21.0 Å². The zero-order valence-electron chi connectivity index (χ0n) is 12.5. The molecule has 5 heteroatoms. The number of para-hydroxylation sites is 1. The lowest BCUT2D eigenvalue weighted by Gasteiger charge is -2.07. The summed E-state index contributed by atoms with van der Waals surface area (Å²) in [5.41, 5.74) is 4.26. The van der Waals surface area contributed by atoms with Crippen LogP contribution in [0.2, 0.25) is 0 Å². The lowest BCUT2D eigenvalue weighted by atomic mass is 10.2. The van der Waals surface area contributed by atoms with E-state index >= 15 is 0 Å². The summed E-state index contributed by atoms with van der Waals surface area (Å²) in [6, 6.07) is 6.15. The summed E-state index contributed by atoms with van der Waals surface area (Å²) in [4.78, 5) is 9.17. The van der Waals surface area contributed by atoms with Crippen LogP contribution in [0, 0.1) is 20.8 Å². The lowest BCUT2D eigenvalue weighted by Crippen LogP contribution is -2.07. The van der Waals surface area contributed by atoms with Crippen molar-refractivity contribution in [1.29, 1.82) is 0 Å². The first-order chi connectivity index (χ1) is 10.1. The van der Waals surface area contributed by atoms with E-state index in [1.807, 2.05) is 26.0 Å². The van der Waals surface area contributed by atoms with Crippen molar-refractivity contribution in [2.24, 2.45) is 0 Å². The van der Waals surface area contributed by atoms with Crippen molar-refractivity contribution in [1.82, 2.24) is 14.5 Å². The summed E-state index contributed by atoms with van der Waals surface area (Å²) in [5, 5.41) is 0. The predicted octanol–water partition coefficient (Wildman–Crippen LogP) is 3.78. The van der Waals surface area contributed by atoms with E-state index < -0.39 is 0 Å². The Hall–Kier alpha value is -1.81. The minimum absolute atomic E-state index is 0.548. The van der Waals surface area contributed by atoms with Crippen LogP contribution in [-0.2, 0) is 13.0 Å². The van der Waals surface area contributed by atoms with Gasteiger partial charge in [-0.1, -0.05) is 12.1 Å². The highest BCUT2D eigenvalue weighted by molar-refractivity contribution is 6.17. The van der Waals surface area contributed by atoms with Crippen LogP contribution in [-0.4, -0.2) is 20.4 Å². The summed E-state index contributed by atoms with van der Waals surface area (Å²) in [7, 11) is 0. The molecule has 3 rings (SSSR count). The van der Waals surface area contributed by atoms with Crippen molar-refractivity contribution in [3.05, 3.63) is 46.9 Å². The van der Waals surface area contributed by atoms with E-state index in [0.717, 1.165) is 34.7 Å². The molecule has 0 radical (unpaired) electrons. The Labute approximate surface area is 128 Å². The number of aryl methyl sites for hydroxylation is 4. The molecule has 0 unspecified atom stereocenters. The first kappa shape index (κ1) is 14.1. The molecule has 0 saturated carbocycles. The Kier molecular flexibility index (Phi) is 3.72. The van der Waals surface area contributed by atoms with Crippen molar-refractivity contribution < 1.29 is 4.42 Å². The molecule has 0 amide bonds. The minimum Gasteiger partial charge on any atom is -0.444 e. The van der Waals surface area contributed by atoms with Gasteiger partial charge in [0, 0.05) is 12.3 Å². The molecule has 2 heterocycles. The molecule has 0 saturated heterocycles. The van der Waals surface area contributed by atoms with Gasteiger partial charge in [0.05, 0.1) is 16.7 Å². The summed E-state index contributed by atoms with van der Waals surface area (Å²) < 4.78 is 7.88. The molecule has 110 valence electrons. The van der Waals surface area contributed by atoms with Gasteiger partial charge in [0.25, 0.3) is 0 Å². The number of hydrogen-bond donors (Lipinski definition) is 0. The number of rotatable bonds is 4. The van der Waals surface area contributed by atoms with Crippen LogP contribution < -0.4 is 0 Å². The van der Waals surface area contributed by atoms with Crippen LogP contribution in [0.15, 0.2) is 22.6 Å². The number of alkyl halides is 1. The number of oxazole rings is 1. The number of imidazole rings is 1. The van der Waals surface area contributed by atoms with Gasteiger partial charge >= 0.3 is 0 Å². The molecule has 0 N–H and O–H groups in total. The highest BCUT2D eigenvalue weighted by Gasteiger charge is 2.15. The van der Waals surface area contributed by atoms with Crippen molar-refractivity contribution in [2.45, 2.75) is 33.7 Å². The van der Waals surface area contributed by atoms with Crippen molar-refractivity contribution in [3.8, 4) is 0 Å². The summed E-state index contributed by atoms with van der Waals surface area (Å²) in [6.07, 6.45) is 0.731. The molecule has 0 aliphatic rings. The van der Waals surface area contributed by atoms with Gasteiger partial charge in [-0.05, 0) is 32.4 Å². The number of benzene rings is 1. The van der Waals surface area contributed by atoms with Gasteiger partial charge in [-0.25, -0.2) is 9.97 Å². The van der Waals surface area contributed by atoms with Gasteiger partial charge in [0.1, 0.15) is 18.1 Å². The van der Waals surface area contributed by atoms with Gasteiger partial charge in [0.15, 0.2) is 0 Å². The third-order valence-corrected chi connectivity index (χ3v) is 3.92. The topological polar surface area (TPSA) is 43.9 Å². The molecule has 3 aromatic rings. The Bertz CT molecular complexity index is 769. The second-order valence-electron chi connectivity index (χ2n) is 5.25. The van der Waals surface area contributed by atoms with Gasteiger partial charge in [-0.15, -0.1) is 11.6 Å². The molecule has 1 aromatic carbocycles. The Balaban J connectivity index is 2.12. The van der Waals surface area contributed by atoms with Crippen molar-refractivity contribution in [3.63, 3.8) is 0 Å². The van der Waals surface area contributed by atoms with Gasteiger partial charge in [0.2, 0.25) is 5.89 Å². The molecule has 0 spiro atoms. The maximum absolute atomic E-state index is 5.92. The van der Waals surface area contributed by atoms with Gasteiger partial charge in [-0.3, -0.25) is 0 Å². The van der Waals surface area contributed by atoms with E-state index in [9.17, 15) is 0 Å². The minimum atomic E-state index is 0.548. The number of fused-ring (bicyclic) bond motifs is 1. The monoisotopic (exact) mass is 303 g/mol. The molecular weight excluding hydrogens is 286 g/mol. The Morgan fingerprint density at radius 3 is 2.67 bits per heavy atom. The quantitative estimate of drug-likeness (QED) is 0.689. The highest BCUT2D eigenvalue weighted by Crippen LogP contribution is 2.22. The first-order valence-corrected chi connectivity index (χ1v) is 7.57. The fourth-order valence-electron chi connectivity index (χ4n) is 2.60. The van der Waals surface area contributed by atoms with Crippen LogP contribution in [0.3, 0.4) is 0 Å². The van der Waals surface area contributed by atoms with Crippen LogP contribution in [0.1, 0.15) is 28.7 Å². The molecular formula is C16H18ClN3O. The number of halogens is 1. The van der Waals surface area contributed by atoms with E-state index in [0.29, 0.717) is 18.3 Å². The average Bonchev–Trinajstić information content (AvgIpc) is 2.93. The number of nitrogens with zero attached hydrogens (tertiary/aromatic N) is 3. The first-order valence-electron chi connectivity index (χ1n) is 7.03. The Morgan fingerprint density at radius 1 is 1.19 bits per heavy atom. The lowest BCUT2D eigenvalue weighted by molar-refractivity contribution is 0.456. The number of aromatic nitrogens is 3. The van der Waals surface area contributed by atoms with Crippen LogP contribution in [0.25, 0.3) is 11.0 Å². The van der Waals surface area contributed by atoms with Crippen LogP contribution in [0.4, 0.5) is 0 Å². The van der Waals surface area contributed by atoms with Crippen molar-refractivity contribution in [2.75, 3.05) is 5.88 Å². The number of hydrogen-bond acceptors (Lipinski definition) is 3. The Morgan fingerprint density at radius 2 is 2.00 bits per heavy atom. The van der Waals surface area contributed by atoms with E-state index in [1.165, 1.54) is 5.56 Å². The van der Waals surface area contributed by atoms with Gasteiger partial charge in [-0.2, -0.15) is 0 Å². The second kappa shape index (κ2) is 5.53. The fourth-order valence-corrected chi connectivity index (χ4v) is 2.77. The normalized spacial score (nSPS) is 11.4. The largest absolute Gasteiger partial charge is 0.444 e. The molecule has 0 atom stereocenters. The standard InChI is InChI=1S/C16H18ClN3O/c1-10-5-4-6-13-16(10)20(14(19-13)7-8-17)9-15-18-11(2)12(3)21-15/h4-6H,7-9H2,1-3H3. The van der Waals surface area contributed by atoms with E-state index in [1.54, 1.807) is 0 Å². The maximum Gasteiger partial charge on any atom is 0.214 e. The molecule has 21 heavy (non-hydrogen) atoms. The molecule has 0 aliphatic carbocycles. The maximum atomic E-state index is 5.92. The molecule has 0 aliphatic heterocycles. The van der Waals surface area contributed by atoms with Crippen LogP contribution >= 0.6 is 11.6 Å². The second-order valence-corrected chi connectivity index (χ2v) is 5.62. The zero-order valence-corrected chi connectivity index (χ0v) is 13.2. The zero-order chi connectivity index (χ0) is 15.0. The van der Waals surface area contributed by atoms with Crippen molar-refractivity contribution >= 4 is 22.6 Å². The SMILES string of the molecule is Cc1nc(Cn2c(CCCl)nc3cccc(C)c32)oc1C. The van der Waals surface area contributed by atoms with Gasteiger partial charge < -0.3 is 8.98 Å². The van der Waals surface area contributed by atoms with E-state index in [2.05, 4.69) is 22.5 Å². The fraction of sp³-hybridized carbons (Fsp3) is 0.375. The third-order valence-electron chi connectivity index (χ3n) is 3.73. The average molecular weight is 304 g/mol. The van der Waals surface area contributed by atoms with Crippen LogP contribution in [0.5, 0.6) is 0 Å². The highest BCUT2D eigenvalue weighted by atomic mass is 35.5. The smallest absolute Gasteiger partial charge is 0.214 e. The third kappa shape index (κ3) is 2.56. The molecule has 0 bridgehead atoms. The van der Waals surface area contributed by atoms with E-state index in [-0.39, 0.29) is 0 Å². The molecule has 4 nitrogen and oxygen atoms in total. The predicted molar refractivity (Wildman–Crippen MR) is 84.0 cm³/mol. The molecule has 0 fully saturated rings. The summed E-state index contributed by atoms with van der Waals surface area (Å²) in [5.74, 6) is 3.10. The summed E-state index contributed by atoms with van der Waals surface area (Å²) >= 11 is 5.92.